The Morgan fingerprint density at radius 2 is 1.43 bits per heavy atom. The topological polar surface area (TPSA) is 58.2 Å². The third kappa shape index (κ3) is 3.77. The molecule has 1 fully saturated rings. The standard InChI is InChI=1S/C10H18N2O2/c1-7(13)11-9-4-3-5-10(6-9)12-8(2)14/h9-10H,3-6H2,1-2H3,(H,11,13)(H,12,14)/t9-,10+. The molecule has 4 nitrogen and oxygen atoms in total. The number of amides is 2. The van der Waals surface area contributed by atoms with Crippen LogP contribution in [0, 0.1) is 0 Å². The van der Waals surface area contributed by atoms with Gasteiger partial charge >= 0.3 is 0 Å². The summed E-state index contributed by atoms with van der Waals surface area (Å²) in [5.41, 5.74) is 0. The maximum Gasteiger partial charge on any atom is 0.217 e. The van der Waals surface area contributed by atoms with Crippen molar-refractivity contribution >= 4 is 11.8 Å². The fourth-order valence-corrected chi connectivity index (χ4v) is 2.03. The SMILES string of the molecule is CC(=O)N[C@@H]1CCC[C@H](NC(C)=O)C1. The second-order valence-electron chi connectivity index (χ2n) is 3.96. The van der Waals surface area contributed by atoms with Gasteiger partial charge in [0.15, 0.2) is 0 Å². The van der Waals surface area contributed by atoms with Crippen molar-refractivity contribution in [1.29, 1.82) is 0 Å². The monoisotopic (exact) mass is 198 g/mol. The molecule has 80 valence electrons. The van der Waals surface area contributed by atoms with E-state index in [9.17, 15) is 9.59 Å². The lowest BCUT2D eigenvalue weighted by molar-refractivity contribution is -0.120. The lowest BCUT2D eigenvalue weighted by Crippen LogP contribution is -2.44. The van der Waals surface area contributed by atoms with Crippen LogP contribution in [0.2, 0.25) is 0 Å². The van der Waals surface area contributed by atoms with E-state index in [1.54, 1.807) is 0 Å². The van der Waals surface area contributed by atoms with Crippen LogP contribution in [0.5, 0.6) is 0 Å². The second kappa shape index (κ2) is 4.98. The summed E-state index contributed by atoms with van der Waals surface area (Å²) in [7, 11) is 0. The molecule has 1 aliphatic rings. The Balaban J connectivity index is 2.35. The quantitative estimate of drug-likeness (QED) is 0.681. The van der Waals surface area contributed by atoms with Crippen LogP contribution in [0.25, 0.3) is 0 Å². The van der Waals surface area contributed by atoms with Crippen molar-refractivity contribution in [3.8, 4) is 0 Å². The molecule has 0 aromatic heterocycles. The van der Waals surface area contributed by atoms with Crippen LogP contribution in [0.15, 0.2) is 0 Å². The van der Waals surface area contributed by atoms with Gasteiger partial charge in [0.2, 0.25) is 11.8 Å². The van der Waals surface area contributed by atoms with E-state index in [0.717, 1.165) is 25.7 Å². The van der Waals surface area contributed by atoms with Gasteiger partial charge in [-0.2, -0.15) is 0 Å². The van der Waals surface area contributed by atoms with Crippen LogP contribution in [0.3, 0.4) is 0 Å². The van der Waals surface area contributed by atoms with Gasteiger partial charge in [0.1, 0.15) is 0 Å². The van der Waals surface area contributed by atoms with E-state index in [-0.39, 0.29) is 23.9 Å². The highest BCUT2D eigenvalue weighted by Crippen LogP contribution is 2.18. The molecular formula is C10H18N2O2. The van der Waals surface area contributed by atoms with Crippen LogP contribution in [-0.4, -0.2) is 23.9 Å². The van der Waals surface area contributed by atoms with Crippen molar-refractivity contribution in [3.63, 3.8) is 0 Å². The molecule has 2 atom stereocenters. The van der Waals surface area contributed by atoms with E-state index < -0.39 is 0 Å². The third-order valence-electron chi connectivity index (χ3n) is 2.49. The molecule has 0 bridgehead atoms. The summed E-state index contributed by atoms with van der Waals surface area (Å²) in [6.45, 7) is 3.06. The molecule has 2 amide bonds. The Bertz CT molecular complexity index is 206. The van der Waals surface area contributed by atoms with E-state index in [2.05, 4.69) is 10.6 Å². The lowest BCUT2D eigenvalue weighted by Gasteiger charge is -2.29. The Kier molecular flexibility index (Phi) is 3.92. The molecule has 0 saturated heterocycles. The Morgan fingerprint density at radius 1 is 1.00 bits per heavy atom. The van der Waals surface area contributed by atoms with Gasteiger partial charge in [-0.05, 0) is 25.7 Å². The molecule has 1 saturated carbocycles. The Labute approximate surface area is 84.4 Å². The zero-order valence-corrected chi connectivity index (χ0v) is 8.80. The van der Waals surface area contributed by atoms with E-state index >= 15 is 0 Å². The third-order valence-corrected chi connectivity index (χ3v) is 2.49. The van der Waals surface area contributed by atoms with Crippen molar-refractivity contribution in [3.05, 3.63) is 0 Å². The van der Waals surface area contributed by atoms with Crippen molar-refractivity contribution in [1.82, 2.24) is 10.6 Å². The predicted octanol–water partition coefficient (Wildman–Crippen LogP) is 0.570. The molecule has 2 N–H and O–H groups in total. The van der Waals surface area contributed by atoms with E-state index in [0.29, 0.717) is 0 Å². The highest BCUT2D eigenvalue weighted by atomic mass is 16.2. The van der Waals surface area contributed by atoms with Crippen molar-refractivity contribution in [2.45, 2.75) is 51.6 Å². The molecule has 0 aliphatic heterocycles. The number of nitrogens with one attached hydrogen (secondary N) is 2. The van der Waals surface area contributed by atoms with Crippen LogP contribution in [-0.2, 0) is 9.59 Å². The van der Waals surface area contributed by atoms with Gasteiger partial charge in [-0.3, -0.25) is 9.59 Å². The van der Waals surface area contributed by atoms with E-state index in [4.69, 9.17) is 0 Å². The zero-order chi connectivity index (χ0) is 10.6. The maximum absolute atomic E-state index is 10.8. The molecule has 0 radical (unpaired) electrons. The van der Waals surface area contributed by atoms with Gasteiger partial charge < -0.3 is 10.6 Å². The molecule has 0 aromatic rings. The highest BCUT2D eigenvalue weighted by Gasteiger charge is 2.22. The number of carbonyl (C=O) groups is 2. The first-order valence-electron chi connectivity index (χ1n) is 5.12. The molecule has 0 unspecified atom stereocenters. The molecular weight excluding hydrogens is 180 g/mol. The average molecular weight is 198 g/mol. The first-order valence-corrected chi connectivity index (χ1v) is 5.12. The molecule has 4 heteroatoms. The maximum atomic E-state index is 10.8. The fourth-order valence-electron chi connectivity index (χ4n) is 2.03. The van der Waals surface area contributed by atoms with E-state index in [1.807, 2.05) is 0 Å². The second-order valence-corrected chi connectivity index (χ2v) is 3.96. The highest BCUT2D eigenvalue weighted by molar-refractivity contribution is 5.74. The van der Waals surface area contributed by atoms with E-state index in [1.165, 1.54) is 13.8 Å². The zero-order valence-electron chi connectivity index (χ0n) is 8.80. The van der Waals surface area contributed by atoms with Gasteiger partial charge in [0.25, 0.3) is 0 Å². The Morgan fingerprint density at radius 3 is 1.79 bits per heavy atom. The summed E-state index contributed by atoms with van der Waals surface area (Å²) >= 11 is 0. The van der Waals surface area contributed by atoms with Gasteiger partial charge in [-0.15, -0.1) is 0 Å². The number of rotatable bonds is 2. The normalized spacial score (nSPS) is 26.7. The summed E-state index contributed by atoms with van der Waals surface area (Å²) < 4.78 is 0. The van der Waals surface area contributed by atoms with Crippen LogP contribution in [0.1, 0.15) is 39.5 Å². The summed E-state index contributed by atoms with van der Waals surface area (Å²) in [5, 5.41) is 5.79. The summed E-state index contributed by atoms with van der Waals surface area (Å²) in [5.74, 6) is 0.0250. The molecule has 0 spiro atoms. The minimum atomic E-state index is 0.0125. The molecule has 0 heterocycles. The lowest BCUT2D eigenvalue weighted by atomic mass is 9.91. The fraction of sp³-hybridized carbons (Fsp3) is 0.800. The van der Waals surface area contributed by atoms with Gasteiger partial charge in [-0.25, -0.2) is 0 Å². The molecule has 14 heavy (non-hydrogen) atoms. The number of hydrogen-bond acceptors (Lipinski definition) is 2. The number of hydrogen-bond donors (Lipinski definition) is 2. The molecule has 0 aromatic carbocycles. The van der Waals surface area contributed by atoms with Gasteiger partial charge in [0, 0.05) is 25.9 Å². The van der Waals surface area contributed by atoms with Crippen molar-refractivity contribution < 1.29 is 9.59 Å². The number of carbonyl (C=O) groups excluding carboxylic acids is 2. The van der Waals surface area contributed by atoms with Crippen LogP contribution >= 0.6 is 0 Å². The minimum Gasteiger partial charge on any atom is -0.354 e. The van der Waals surface area contributed by atoms with Gasteiger partial charge in [0.05, 0.1) is 0 Å². The summed E-state index contributed by atoms with van der Waals surface area (Å²) in [6, 6.07) is 0.469. The van der Waals surface area contributed by atoms with Crippen LogP contribution < -0.4 is 10.6 Å². The van der Waals surface area contributed by atoms with Crippen LogP contribution in [0.4, 0.5) is 0 Å². The summed E-state index contributed by atoms with van der Waals surface area (Å²) in [6.07, 6.45) is 3.97. The minimum absolute atomic E-state index is 0.0125. The summed E-state index contributed by atoms with van der Waals surface area (Å²) in [4.78, 5) is 21.7. The molecule has 1 rings (SSSR count). The average Bonchev–Trinajstić information content (AvgIpc) is 2.01. The first-order chi connectivity index (χ1) is 6.58. The molecule has 1 aliphatic carbocycles. The first kappa shape index (κ1) is 11.0. The predicted molar refractivity (Wildman–Crippen MR) is 53.7 cm³/mol. The Hall–Kier alpha value is -1.06. The van der Waals surface area contributed by atoms with Gasteiger partial charge in [-0.1, -0.05) is 0 Å². The van der Waals surface area contributed by atoms with Crippen molar-refractivity contribution in [2.24, 2.45) is 0 Å². The smallest absolute Gasteiger partial charge is 0.217 e. The largest absolute Gasteiger partial charge is 0.354 e. The van der Waals surface area contributed by atoms with Crippen molar-refractivity contribution in [2.75, 3.05) is 0 Å².